The van der Waals surface area contributed by atoms with Crippen LogP contribution in [0.2, 0.25) is 0 Å². The molecule has 0 spiro atoms. The summed E-state index contributed by atoms with van der Waals surface area (Å²) in [4.78, 5) is 1.69. The average molecular weight is 224 g/mol. The molecule has 0 saturated carbocycles. The Kier molecular flexibility index (Phi) is 4.71. The summed E-state index contributed by atoms with van der Waals surface area (Å²) >= 11 is 1.81. The maximum absolute atomic E-state index is 4.12. The summed E-state index contributed by atoms with van der Waals surface area (Å²) in [6.45, 7) is 8.47. The zero-order valence-electron chi connectivity index (χ0n) is 8.79. The molecule has 0 fully saturated rings. The fraction of sp³-hybridized carbons (Fsp3) is 0.333. The van der Waals surface area contributed by atoms with E-state index < -0.39 is 0 Å². The quantitative estimate of drug-likeness (QED) is 0.691. The Morgan fingerprint density at radius 1 is 1.50 bits per heavy atom. The van der Waals surface area contributed by atoms with E-state index in [9.17, 15) is 0 Å². The Morgan fingerprint density at radius 3 is 2.71 bits per heavy atom. The molecule has 1 rings (SSSR count). The summed E-state index contributed by atoms with van der Waals surface area (Å²) in [5.41, 5.74) is 2.69. The third-order valence-electron chi connectivity index (χ3n) is 2.03. The Morgan fingerprint density at radius 2 is 2.14 bits per heavy atom. The number of thioether (sulfide) groups is 1. The van der Waals surface area contributed by atoms with Crippen molar-refractivity contribution >= 4 is 25.9 Å². The van der Waals surface area contributed by atoms with E-state index >= 15 is 0 Å². The lowest BCUT2D eigenvalue weighted by Crippen LogP contribution is -1.90. The Bertz CT molecular complexity index is 318. The fourth-order valence-corrected chi connectivity index (χ4v) is 2.66. The monoisotopic (exact) mass is 224 g/mol. The van der Waals surface area contributed by atoms with E-state index in [1.54, 1.807) is 11.8 Å². The molecule has 0 heterocycles. The second-order valence-electron chi connectivity index (χ2n) is 3.26. The molecular formula is C12H17PS. The van der Waals surface area contributed by atoms with Crippen molar-refractivity contribution in [3.63, 3.8) is 0 Å². The van der Waals surface area contributed by atoms with E-state index in [0.717, 1.165) is 6.42 Å². The fourth-order valence-electron chi connectivity index (χ4n) is 1.39. The van der Waals surface area contributed by atoms with Crippen molar-refractivity contribution < 1.29 is 0 Å². The number of hydrogen-bond donors (Lipinski definition) is 0. The Hall–Kier alpha value is -0.260. The zero-order valence-corrected chi connectivity index (χ0v) is 10.8. The zero-order chi connectivity index (χ0) is 10.6. The molecule has 0 nitrogen and oxygen atoms in total. The molecule has 14 heavy (non-hydrogen) atoms. The van der Waals surface area contributed by atoms with Crippen molar-refractivity contribution in [3.8, 4) is 0 Å². The van der Waals surface area contributed by atoms with Crippen LogP contribution >= 0.6 is 21.0 Å². The third-order valence-corrected chi connectivity index (χ3v) is 3.31. The molecule has 0 aliphatic carbocycles. The average Bonchev–Trinajstić information content (AvgIpc) is 2.16. The van der Waals surface area contributed by atoms with E-state index in [4.69, 9.17) is 0 Å². The highest BCUT2D eigenvalue weighted by Gasteiger charge is 2.05. The Balaban J connectivity index is 2.88. The minimum atomic E-state index is 0.521. The van der Waals surface area contributed by atoms with Gasteiger partial charge in [-0.1, -0.05) is 37.8 Å². The first-order valence-electron chi connectivity index (χ1n) is 4.84. The maximum atomic E-state index is 4.12. The highest BCUT2D eigenvalue weighted by atomic mass is 32.2. The van der Waals surface area contributed by atoms with Gasteiger partial charge in [0.1, 0.15) is 0 Å². The van der Waals surface area contributed by atoms with Crippen LogP contribution in [0.15, 0.2) is 30.8 Å². The summed E-state index contributed by atoms with van der Waals surface area (Å²) in [6.07, 6.45) is 1.07. The van der Waals surface area contributed by atoms with E-state index in [0.29, 0.717) is 4.99 Å². The molecule has 0 aliphatic rings. The first kappa shape index (κ1) is 11.8. The second kappa shape index (κ2) is 5.58. The molecule has 0 aromatic heterocycles. The van der Waals surface area contributed by atoms with Crippen LogP contribution in [0.25, 0.3) is 4.91 Å². The smallest absolute Gasteiger partial charge is 0.0209 e. The highest BCUT2D eigenvalue weighted by molar-refractivity contribution is 8.11. The van der Waals surface area contributed by atoms with Gasteiger partial charge >= 0.3 is 0 Å². The second-order valence-corrected chi connectivity index (χ2v) is 6.21. The van der Waals surface area contributed by atoms with Crippen molar-refractivity contribution in [1.29, 1.82) is 0 Å². The van der Waals surface area contributed by atoms with Crippen LogP contribution in [0.1, 0.15) is 25.0 Å². The van der Waals surface area contributed by atoms with Crippen LogP contribution in [0.5, 0.6) is 0 Å². The number of rotatable bonds is 4. The molecule has 2 atom stereocenters. The molecular weight excluding hydrogens is 207 g/mol. The molecule has 0 bridgehead atoms. The first-order chi connectivity index (χ1) is 6.65. The minimum Gasteiger partial charge on any atom is -0.124 e. The minimum absolute atomic E-state index is 0.521. The standard InChI is InChI=1S/C12H17PS/c1-4-11-7-5-6-8-12(11)9(2)14-10(3)13/h5-8,10H,2,4,13H2,1,3H3. The molecule has 2 heteroatoms. The highest BCUT2D eigenvalue weighted by Crippen LogP contribution is 2.33. The third kappa shape index (κ3) is 3.15. The molecule has 76 valence electrons. The number of hydrogen-bond acceptors (Lipinski definition) is 1. The molecule has 2 unspecified atom stereocenters. The van der Waals surface area contributed by atoms with Gasteiger partial charge in [-0.05, 0) is 24.5 Å². The predicted octanol–water partition coefficient (Wildman–Crippen LogP) is 4.17. The van der Waals surface area contributed by atoms with E-state index in [-0.39, 0.29) is 0 Å². The van der Waals surface area contributed by atoms with E-state index in [1.165, 1.54) is 16.0 Å². The van der Waals surface area contributed by atoms with Gasteiger partial charge in [-0.3, -0.25) is 0 Å². The molecule has 0 amide bonds. The molecule has 0 saturated heterocycles. The van der Waals surface area contributed by atoms with Crippen LogP contribution in [-0.2, 0) is 6.42 Å². The van der Waals surface area contributed by atoms with Crippen LogP contribution in [-0.4, -0.2) is 4.99 Å². The molecule has 0 radical (unpaired) electrons. The molecule has 0 N–H and O–H groups in total. The van der Waals surface area contributed by atoms with Gasteiger partial charge in [0, 0.05) is 9.90 Å². The van der Waals surface area contributed by atoms with Crippen LogP contribution in [0.3, 0.4) is 0 Å². The summed E-state index contributed by atoms with van der Waals surface area (Å²) < 4.78 is 0. The number of aryl methyl sites for hydroxylation is 1. The summed E-state index contributed by atoms with van der Waals surface area (Å²) in [7, 11) is 2.79. The normalized spacial score (nSPS) is 12.5. The van der Waals surface area contributed by atoms with Gasteiger partial charge in [0.05, 0.1) is 0 Å². The molecule has 1 aromatic rings. The van der Waals surface area contributed by atoms with Gasteiger partial charge in [-0.25, -0.2) is 0 Å². The van der Waals surface area contributed by atoms with E-state index in [1.807, 2.05) is 0 Å². The van der Waals surface area contributed by atoms with Crippen molar-refractivity contribution in [2.24, 2.45) is 0 Å². The summed E-state index contributed by atoms with van der Waals surface area (Å²) in [6, 6.07) is 8.49. The van der Waals surface area contributed by atoms with Crippen molar-refractivity contribution in [2.45, 2.75) is 25.3 Å². The summed E-state index contributed by atoms with van der Waals surface area (Å²) in [5, 5.41) is 0. The maximum Gasteiger partial charge on any atom is 0.0209 e. The van der Waals surface area contributed by atoms with Crippen molar-refractivity contribution in [2.75, 3.05) is 0 Å². The lowest BCUT2D eigenvalue weighted by Gasteiger charge is -2.11. The van der Waals surface area contributed by atoms with Crippen molar-refractivity contribution in [1.82, 2.24) is 0 Å². The topological polar surface area (TPSA) is 0 Å². The van der Waals surface area contributed by atoms with Gasteiger partial charge in [0.2, 0.25) is 0 Å². The first-order valence-corrected chi connectivity index (χ1v) is 6.39. The lowest BCUT2D eigenvalue weighted by atomic mass is 10.1. The van der Waals surface area contributed by atoms with Gasteiger partial charge in [0.15, 0.2) is 0 Å². The van der Waals surface area contributed by atoms with Gasteiger partial charge < -0.3 is 0 Å². The van der Waals surface area contributed by atoms with Crippen LogP contribution in [0.4, 0.5) is 0 Å². The SMILES string of the molecule is C=C(SC(C)P)c1ccccc1CC. The van der Waals surface area contributed by atoms with Crippen molar-refractivity contribution in [3.05, 3.63) is 42.0 Å². The molecule has 0 aliphatic heterocycles. The van der Waals surface area contributed by atoms with Gasteiger partial charge in [0.25, 0.3) is 0 Å². The van der Waals surface area contributed by atoms with Crippen LogP contribution < -0.4 is 0 Å². The number of benzene rings is 1. The predicted molar refractivity (Wildman–Crippen MR) is 71.6 cm³/mol. The lowest BCUT2D eigenvalue weighted by molar-refractivity contribution is 1.13. The van der Waals surface area contributed by atoms with E-state index in [2.05, 4.69) is 53.9 Å². The largest absolute Gasteiger partial charge is 0.124 e. The Labute approximate surface area is 93.4 Å². The van der Waals surface area contributed by atoms with Gasteiger partial charge in [-0.15, -0.1) is 21.0 Å². The summed E-state index contributed by atoms with van der Waals surface area (Å²) in [5.74, 6) is 0. The van der Waals surface area contributed by atoms with Crippen LogP contribution in [0, 0.1) is 0 Å². The molecule has 1 aromatic carbocycles. The van der Waals surface area contributed by atoms with Gasteiger partial charge in [-0.2, -0.15) is 0 Å².